The second kappa shape index (κ2) is 9.69. The minimum Gasteiger partial charge on any atom is -0.222 e. The van der Waals surface area contributed by atoms with Gasteiger partial charge in [-0.1, -0.05) is 65.8 Å². The van der Waals surface area contributed by atoms with Crippen LogP contribution in [0.5, 0.6) is 0 Å². The molecule has 5 nitrogen and oxygen atoms in total. The molecule has 0 saturated carbocycles. The van der Waals surface area contributed by atoms with Gasteiger partial charge in [-0.25, -0.2) is 23.1 Å². The van der Waals surface area contributed by atoms with Crippen LogP contribution in [-0.2, 0) is 10.8 Å². The van der Waals surface area contributed by atoms with Gasteiger partial charge in [0.2, 0.25) is 0 Å². The van der Waals surface area contributed by atoms with E-state index in [4.69, 9.17) is 23.1 Å². The topological polar surface area (TPSA) is 104 Å². The highest BCUT2D eigenvalue weighted by Gasteiger charge is 2.21. The number of halogens is 1. The molecular formula is C26H31ClO5. The van der Waals surface area contributed by atoms with Crippen LogP contribution in [0.15, 0.2) is 65.1 Å². The van der Waals surface area contributed by atoms with Crippen LogP contribution in [0, 0.1) is 17.2 Å². The Morgan fingerprint density at radius 2 is 0.875 bits per heavy atom. The molecule has 1 heterocycles. The molecular weight excluding hydrogens is 428 g/mol. The number of hydrogen-bond donors (Lipinski definition) is 0. The minimum atomic E-state index is -4.94. The van der Waals surface area contributed by atoms with Crippen LogP contribution in [0.2, 0.25) is 0 Å². The molecule has 2 aromatic carbocycles. The van der Waals surface area contributed by atoms with Gasteiger partial charge in [0.25, 0.3) is 0 Å². The van der Waals surface area contributed by atoms with Gasteiger partial charge < -0.3 is 0 Å². The van der Waals surface area contributed by atoms with Gasteiger partial charge in [-0.05, 0) is 58.7 Å². The monoisotopic (exact) mass is 458 g/mol. The van der Waals surface area contributed by atoms with Crippen molar-refractivity contribution in [2.75, 3.05) is 0 Å². The van der Waals surface area contributed by atoms with Gasteiger partial charge in [0.05, 0.1) is 11.1 Å². The molecule has 0 aliphatic heterocycles. The highest BCUT2D eigenvalue weighted by atomic mass is 35.7. The summed E-state index contributed by atoms with van der Waals surface area (Å²) in [5, 5.41) is 0. The van der Waals surface area contributed by atoms with Crippen LogP contribution in [0.3, 0.4) is 0 Å². The lowest BCUT2D eigenvalue weighted by Gasteiger charge is -2.18. The van der Waals surface area contributed by atoms with E-state index in [0.29, 0.717) is 0 Å². The predicted molar refractivity (Wildman–Crippen MR) is 116 cm³/mol. The van der Waals surface area contributed by atoms with Crippen molar-refractivity contribution in [2.24, 2.45) is 0 Å². The highest BCUT2D eigenvalue weighted by Crippen LogP contribution is 2.31. The second-order valence-electron chi connectivity index (χ2n) is 9.90. The Labute approximate surface area is 192 Å². The van der Waals surface area contributed by atoms with E-state index in [-0.39, 0.29) is 10.8 Å². The van der Waals surface area contributed by atoms with Gasteiger partial charge in [0.15, 0.2) is 0 Å². The molecule has 0 aliphatic carbocycles. The first-order valence-corrected chi connectivity index (χ1v) is 11.6. The smallest absolute Gasteiger partial charge is 0.222 e. The quantitative estimate of drug-likeness (QED) is 0.549. The summed E-state index contributed by atoms with van der Waals surface area (Å²) >= 11 is 0. The van der Waals surface area contributed by atoms with E-state index in [1.165, 1.54) is 16.7 Å². The molecule has 3 rings (SSSR count). The third-order valence-electron chi connectivity index (χ3n) is 5.01. The number of hydrogen-bond acceptors (Lipinski definition) is 4. The fourth-order valence-electron chi connectivity index (χ4n) is 3.19. The Morgan fingerprint density at radius 3 is 1.12 bits per heavy atom. The molecule has 0 spiro atoms. The van der Waals surface area contributed by atoms with E-state index >= 15 is 0 Å². The lowest BCUT2D eigenvalue weighted by atomic mass is 9.86. The molecule has 172 valence electrons. The summed E-state index contributed by atoms with van der Waals surface area (Å²) in [4.78, 5) is 0. The maximum atomic E-state index is 8.49. The largest absolute Gasteiger partial charge is 0.361 e. The molecule has 0 fully saturated rings. The summed E-state index contributed by atoms with van der Waals surface area (Å²) < 4.78 is 40.3. The Morgan fingerprint density at radius 1 is 0.594 bits per heavy atom. The standard InChI is InChI=1S/C26H31O.ClHO4/c1-18-16-23(19-8-12-21(13-9-19)25(2,3)4)27-24(17-18)20-10-14-22(15-11-20)26(5,6)7;2-1(3,4)5/h8-17H,1-7H3;(H,2,3,4,5)/q+1;/p-1. The first kappa shape index (κ1) is 26.0. The van der Waals surface area contributed by atoms with Crippen LogP contribution in [0.25, 0.3) is 22.6 Å². The summed E-state index contributed by atoms with van der Waals surface area (Å²) in [6.45, 7) is 15.5. The zero-order valence-corrected chi connectivity index (χ0v) is 20.4. The first-order chi connectivity index (χ1) is 14.5. The van der Waals surface area contributed by atoms with E-state index in [9.17, 15) is 0 Å². The van der Waals surface area contributed by atoms with E-state index in [0.717, 1.165) is 22.6 Å². The average molecular weight is 459 g/mol. The van der Waals surface area contributed by atoms with Crippen molar-refractivity contribution in [1.29, 1.82) is 0 Å². The molecule has 0 atom stereocenters. The number of aryl methyl sites for hydroxylation is 1. The predicted octanol–water partition coefficient (Wildman–Crippen LogP) is 3.04. The van der Waals surface area contributed by atoms with Crippen LogP contribution < -0.4 is 18.6 Å². The van der Waals surface area contributed by atoms with Crippen molar-refractivity contribution >= 4 is 0 Å². The molecule has 3 aromatic rings. The normalized spacial score (nSPS) is 12.2. The second-order valence-corrected chi connectivity index (χ2v) is 10.7. The Kier molecular flexibility index (Phi) is 7.87. The molecule has 0 amide bonds. The van der Waals surface area contributed by atoms with Crippen LogP contribution in [0.1, 0.15) is 58.2 Å². The summed E-state index contributed by atoms with van der Waals surface area (Å²) in [5.41, 5.74) is 6.39. The van der Waals surface area contributed by atoms with Crippen molar-refractivity contribution in [1.82, 2.24) is 0 Å². The molecule has 0 saturated heterocycles. The molecule has 0 bridgehead atoms. The Hall–Kier alpha value is -2.28. The molecule has 1 aromatic heterocycles. The number of benzene rings is 2. The van der Waals surface area contributed by atoms with E-state index < -0.39 is 10.2 Å². The molecule has 0 aliphatic rings. The average Bonchev–Trinajstić information content (AvgIpc) is 2.65. The summed E-state index contributed by atoms with van der Waals surface area (Å²) in [5.74, 6) is 1.82. The minimum absolute atomic E-state index is 0.155. The Balaban J connectivity index is 0.000000654. The SMILES string of the molecule is Cc1cc(-c2ccc(C(C)(C)C)cc2)[o+]c(-c2ccc(C(C)(C)C)cc2)c1.[O-][Cl+3]([O-])([O-])[O-]. The maximum Gasteiger partial charge on any atom is 0.361 e. The molecule has 0 unspecified atom stereocenters. The Bertz CT molecular complexity index is 941. The fourth-order valence-corrected chi connectivity index (χ4v) is 3.19. The summed E-state index contributed by atoms with van der Waals surface area (Å²) in [6.07, 6.45) is 0. The van der Waals surface area contributed by atoms with E-state index in [2.05, 4.69) is 109 Å². The van der Waals surface area contributed by atoms with Gasteiger partial charge in [-0.3, -0.25) is 0 Å². The highest BCUT2D eigenvalue weighted by molar-refractivity contribution is 5.64. The zero-order chi connectivity index (χ0) is 24.3. The van der Waals surface area contributed by atoms with Crippen molar-refractivity contribution < 1.29 is 33.3 Å². The molecule has 32 heavy (non-hydrogen) atoms. The first-order valence-electron chi connectivity index (χ1n) is 10.3. The van der Waals surface area contributed by atoms with Gasteiger partial charge in [-0.15, -0.1) is 10.2 Å². The zero-order valence-electron chi connectivity index (χ0n) is 19.7. The molecule has 0 radical (unpaired) electrons. The lowest BCUT2D eigenvalue weighted by Crippen LogP contribution is -2.68. The summed E-state index contributed by atoms with van der Waals surface area (Å²) in [6, 6.07) is 21.7. The lowest BCUT2D eigenvalue weighted by molar-refractivity contribution is -2.00. The van der Waals surface area contributed by atoms with Crippen LogP contribution in [-0.4, -0.2) is 0 Å². The fraction of sp³-hybridized carbons (Fsp3) is 0.346. The van der Waals surface area contributed by atoms with E-state index in [1.54, 1.807) is 0 Å². The summed E-state index contributed by atoms with van der Waals surface area (Å²) in [7, 11) is -4.94. The van der Waals surface area contributed by atoms with Crippen molar-refractivity contribution in [3.8, 4) is 22.6 Å². The van der Waals surface area contributed by atoms with Crippen molar-refractivity contribution in [3.05, 3.63) is 77.4 Å². The van der Waals surface area contributed by atoms with Gasteiger partial charge >= 0.3 is 11.5 Å². The van der Waals surface area contributed by atoms with Gasteiger partial charge in [-0.2, -0.15) is 0 Å². The van der Waals surface area contributed by atoms with Gasteiger partial charge in [0.1, 0.15) is 0 Å². The molecule has 6 heteroatoms. The van der Waals surface area contributed by atoms with Crippen molar-refractivity contribution in [3.63, 3.8) is 0 Å². The third-order valence-corrected chi connectivity index (χ3v) is 5.01. The van der Waals surface area contributed by atoms with Crippen LogP contribution in [0.4, 0.5) is 0 Å². The third kappa shape index (κ3) is 8.01. The maximum absolute atomic E-state index is 8.49. The van der Waals surface area contributed by atoms with Crippen LogP contribution >= 0.6 is 0 Å². The van der Waals surface area contributed by atoms with Crippen molar-refractivity contribution in [2.45, 2.75) is 59.3 Å². The van der Waals surface area contributed by atoms with E-state index in [1.807, 2.05) is 0 Å². The number of rotatable bonds is 2. The van der Waals surface area contributed by atoms with Gasteiger partial charge in [0, 0.05) is 12.1 Å². The molecule has 0 N–H and O–H groups in total.